The summed E-state index contributed by atoms with van der Waals surface area (Å²) in [7, 11) is 0. The number of likely N-dealkylation sites (tertiary alicyclic amines) is 1. The van der Waals surface area contributed by atoms with Crippen LogP contribution < -0.4 is 5.32 Å². The zero-order valence-corrected chi connectivity index (χ0v) is 14.0. The second kappa shape index (κ2) is 7.63. The second-order valence-corrected chi connectivity index (χ2v) is 6.09. The summed E-state index contributed by atoms with van der Waals surface area (Å²) in [6.45, 7) is 11.6. The molecule has 1 fully saturated rings. The Hall–Kier alpha value is -1.56. The Bertz CT molecular complexity index is 481. The largest absolute Gasteiger partial charge is 0.381 e. The number of urea groups is 1. The lowest BCUT2D eigenvalue weighted by Crippen LogP contribution is -2.40. The summed E-state index contributed by atoms with van der Waals surface area (Å²) in [5, 5.41) is 6.99. The quantitative estimate of drug-likeness (QED) is 0.876. The highest BCUT2D eigenvalue weighted by atomic mass is 16.5. The van der Waals surface area contributed by atoms with E-state index in [1.54, 1.807) is 0 Å². The first-order valence-corrected chi connectivity index (χ1v) is 8.06. The van der Waals surface area contributed by atoms with Crippen molar-refractivity contribution in [2.24, 2.45) is 5.92 Å². The number of aromatic nitrogens is 1. The average molecular weight is 309 g/mol. The maximum Gasteiger partial charge on any atom is 0.317 e. The molecule has 1 aliphatic rings. The standard InChI is InChI=1S/C16H27N3O3/c1-5-21-10-14-6-7-19(9-14)16(20)17-8-11(2)15-12(3)18-22-13(15)4/h11,14H,5-10H2,1-4H3,(H,17,20). The molecular formula is C16H27N3O3. The first kappa shape index (κ1) is 16.8. The van der Waals surface area contributed by atoms with E-state index in [9.17, 15) is 4.79 Å². The van der Waals surface area contributed by atoms with E-state index in [1.165, 1.54) is 0 Å². The molecule has 6 heteroatoms. The Balaban J connectivity index is 1.78. The molecular weight excluding hydrogens is 282 g/mol. The average Bonchev–Trinajstić information content (AvgIpc) is 3.09. The van der Waals surface area contributed by atoms with Crippen molar-refractivity contribution < 1.29 is 14.1 Å². The zero-order valence-electron chi connectivity index (χ0n) is 14.0. The molecule has 0 aliphatic carbocycles. The summed E-state index contributed by atoms with van der Waals surface area (Å²) in [6.07, 6.45) is 1.02. The van der Waals surface area contributed by atoms with E-state index in [2.05, 4.69) is 17.4 Å². The normalized spacial score (nSPS) is 19.5. The summed E-state index contributed by atoms with van der Waals surface area (Å²) < 4.78 is 10.6. The van der Waals surface area contributed by atoms with Crippen LogP contribution in [-0.4, -0.2) is 48.9 Å². The summed E-state index contributed by atoms with van der Waals surface area (Å²) >= 11 is 0. The van der Waals surface area contributed by atoms with Gasteiger partial charge in [0.25, 0.3) is 0 Å². The van der Waals surface area contributed by atoms with Gasteiger partial charge in [0, 0.05) is 43.6 Å². The van der Waals surface area contributed by atoms with E-state index in [1.807, 2.05) is 25.7 Å². The van der Waals surface area contributed by atoms with Gasteiger partial charge in [0.1, 0.15) is 5.76 Å². The molecule has 2 heterocycles. The van der Waals surface area contributed by atoms with Crippen molar-refractivity contribution >= 4 is 6.03 Å². The minimum absolute atomic E-state index is 0.0117. The van der Waals surface area contributed by atoms with Gasteiger partial charge in [0.05, 0.1) is 12.3 Å². The van der Waals surface area contributed by atoms with Crippen LogP contribution in [-0.2, 0) is 4.74 Å². The van der Waals surface area contributed by atoms with Crippen LogP contribution in [0.4, 0.5) is 4.79 Å². The number of hydrogen-bond donors (Lipinski definition) is 1. The van der Waals surface area contributed by atoms with Crippen molar-refractivity contribution in [1.29, 1.82) is 0 Å². The first-order valence-electron chi connectivity index (χ1n) is 8.06. The number of carbonyl (C=O) groups excluding carboxylic acids is 1. The predicted molar refractivity (Wildman–Crippen MR) is 84.0 cm³/mol. The number of nitrogens with one attached hydrogen (secondary N) is 1. The number of nitrogens with zero attached hydrogens (tertiary/aromatic N) is 2. The van der Waals surface area contributed by atoms with Crippen molar-refractivity contribution in [3.8, 4) is 0 Å². The molecule has 6 nitrogen and oxygen atoms in total. The van der Waals surface area contributed by atoms with E-state index in [4.69, 9.17) is 9.26 Å². The minimum atomic E-state index is 0.0117. The summed E-state index contributed by atoms with van der Waals surface area (Å²) in [4.78, 5) is 14.1. The maximum absolute atomic E-state index is 12.2. The van der Waals surface area contributed by atoms with Crippen LogP contribution in [0.15, 0.2) is 4.52 Å². The molecule has 2 amide bonds. The third kappa shape index (κ3) is 4.00. The topological polar surface area (TPSA) is 67.6 Å². The van der Waals surface area contributed by atoms with E-state index in [0.717, 1.165) is 49.7 Å². The van der Waals surface area contributed by atoms with Crippen LogP contribution in [0, 0.1) is 19.8 Å². The highest BCUT2D eigenvalue weighted by Crippen LogP contribution is 2.22. The summed E-state index contributed by atoms with van der Waals surface area (Å²) in [5.74, 6) is 1.49. The molecule has 1 aromatic heterocycles. The van der Waals surface area contributed by atoms with Crippen molar-refractivity contribution in [2.75, 3.05) is 32.8 Å². The van der Waals surface area contributed by atoms with E-state index in [-0.39, 0.29) is 11.9 Å². The highest BCUT2D eigenvalue weighted by Gasteiger charge is 2.26. The number of ether oxygens (including phenoxy) is 1. The van der Waals surface area contributed by atoms with E-state index >= 15 is 0 Å². The Labute approximate surface area is 132 Å². The van der Waals surface area contributed by atoms with Crippen molar-refractivity contribution in [3.63, 3.8) is 0 Å². The van der Waals surface area contributed by atoms with Crippen molar-refractivity contribution in [2.45, 2.75) is 40.0 Å². The molecule has 0 saturated carbocycles. The van der Waals surface area contributed by atoms with Crippen LogP contribution in [0.1, 0.15) is 43.2 Å². The Morgan fingerprint density at radius 3 is 2.95 bits per heavy atom. The van der Waals surface area contributed by atoms with Crippen LogP contribution in [0.3, 0.4) is 0 Å². The van der Waals surface area contributed by atoms with Gasteiger partial charge in [0.2, 0.25) is 0 Å². The lowest BCUT2D eigenvalue weighted by molar-refractivity contribution is 0.113. The van der Waals surface area contributed by atoms with Gasteiger partial charge in [-0.2, -0.15) is 0 Å². The molecule has 2 rings (SSSR count). The number of amides is 2. The van der Waals surface area contributed by atoms with Crippen LogP contribution >= 0.6 is 0 Å². The molecule has 22 heavy (non-hydrogen) atoms. The number of hydrogen-bond acceptors (Lipinski definition) is 4. The lowest BCUT2D eigenvalue weighted by atomic mass is 10.00. The molecule has 0 radical (unpaired) electrons. The first-order chi connectivity index (χ1) is 10.5. The van der Waals surface area contributed by atoms with Gasteiger partial charge in [-0.25, -0.2) is 4.79 Å². The zero-order chi connectivity index (χ0) is 16.1. The fraction of sp³-hybridized carbons (Fsp3) is 0.750. The Morgan fingerprint density at radius 1 is 1.55 bits per heavy atom. The molecule has 0 spiro atoms. The predicted octanol–water partition coefficient (Wildman–Crippen LogP) is 2.46. The molecule has 0 bridgehead atoms. The molecule has 1 N–H and O–H groups in total. The van der Waals surface area contributed by atoms with Crippen molar-refractivity contribution in [1.82, 2.24) is 15.4 Å². The van der Waals surface area contributed by atoms with Crippen LogP contribution in [0.2, 0.25) is 0 Å². The van der Waals surface area contributed by atoms with Gasteiger partial charge < -0.3 is 19.5 Å². The fourth-order valence-corrected chi connectivity index (χ4v) is 3.09. The molecule has 124 valence electrons. The second-order valence-electron chi connectivity index (χ2n) is 6.09. The SMILES string of the molecule is CCOCC1CCN(C(=O)NCC(C)c2c(C)noc2C)C1. The minimum Gasteiger partial charge on any atom is -0.381 e. The van der Waals surface area contributed by atoms with E-state index < -0.39 is 0 Å². The van der Waals surface area contributed by atoms with Gasteiger partial charge in [-0.05, 0) is 27.2 Å². The van der Waals surface area contributed by atoms with E-state index in [0.29, 0.717) is 12.5 Å². The molecule has 0 aromatic carbocycles. The van der Waals surface area contributed by atoms with Crippen LogP contribution in [0.5, 0.6) is 0 Å². The monoisotopic (exact) mass is 309 g/mol. The van der Waals surface area contributed by atoms with Crippen LogP contribution in [0.25, 0.3) is 0 Å². The van der Waals surface area contributed by atoms with Gasteiger partial charge in [-0.1, -0.05) is 12.1 Å². The molecule has 2 unspecified atom stereocenters. The fourth-order valence-electron chi connectivity index (χ4n) is 3.09. The number of rotatable bonds is 6. The van der Waals surface area contributed by atoms with Gasteiger partial charge in [-0.15, -0.1) is 0 Å². The molecule has 1 aliphatic heterocycles. The third-order valence-corrected chi connectivity index (χ3v) is 4.27. The molecule has 2 atom stereocenters. The highest BCUT2D eigenvalue weighted by molar-refractivity contribution is 5.74. The third-order valence-electron chi connectivity index (χ3n) is 4.27. The van der Waals surface area contributed by atoms with Gasteiger partial charge in [0.15, 0.2) is 0 Å². The van der Waals surface area contributed by atoms with Gasteiger partial charge >= 0.3 is 6.03 Å². The Kier molecular flexibility index (Phi) is 5.83. The summed E-state index contributed by atoms with van der Waals surface area (Å²) in [5.41, 5.74) is 1.99. The maximum atomic E-state index is 12.2. The lowest BCUT2D eigenvalue weighted by Gasteiger charge is -2.19. The number of carbonyl (C=O) groups is 1. The number of aryl methyl sites for hydroxylation is 2. The molecule has 1 saturated heterocycles. The van der Waals surface area contributed by atoms with Gasteiger partial charge in [-0.3, -0.25) is 0 Å². The molecule has 1 aromatic rings. The smallest absolute Gasteiger partial charge is 0.317 e. The Morgan fingerprint density at radius 2 is 2.32 bits per heavy atom. The summed E-state index contributed by atoms with van der Waals surface area (Å²) in [6, 6.07) is 0.0117. The van der Waals surface area contributed by atoms with Crippen molar-refractivity contribution in [3.05, 3.63) is 17.0 Å².